The molecule has 0 spiro atoms. The summed E-state index contributed by atoms with van der Waals surface area (Å²) in [5.41, 5.74) is 0.270. The Morgan fingerprint density at radius 1 is 1.08 bits per heavy atom. The van der Waals surface area contributed by atoms with Crippen LogP contribution in [0.4, 0.5) is 0 Å². The summed E-state index contributed by atoms with van der Waals surface area (Å²) < 4.78 is 17.0. The molecule has 0 radical (unpaired) electrons. The van der Waals surface area contributed by atoms with Gasteiger partial charge in [0.2, 0.25) is 5.91 Å². The number of fused-ring (bicyclic) bond motifs is 1. The number of carbonyl (C=O) groups excluding carboxylic acids is 3. The van der Waals surface area contributed by atoms with Crippen LogP contribution in [0.5, 0.6) is 11.5 Å². The molecule has 1 aliphatic heterocycles. The predicted octanol–water partition coefficient (Wildman–Crippen LogP) is 2.42. The van der Waals surface area contributed by atoms with Gasteiger partial charge in [-0.1, -0.05) is 30.3 Å². The molecule has 2 amide bonds. The highest BCUT2D eigenvalue weighted by molar-refractivity contribution is 6.06. The zero-order valence-corrected chi connectivity index (χ0v) is 20.6. The molecule has 0 fully saturated rings. The van der Waals surface area contributed by atoms with Gasteiger partial charge in [0.25, 0.3) is 5.91 Å². The molecular weight excluding hydrogens is 464 g/mol. The minimum Gasteiger partial charge on any atom is -0.497 e. The second-order valence-electron chi connectivity index (χ2n) is 8.57. The number of nitrogens with zero attached hydrogens (tertiary/aromatic N) is 3. The second kappa shape index (κ2) is 10.1. The number of aromatic nitrogens is 2. The van der Waals surface area contributed by atoms with E-state index in [0.29, 0.717) is 11.5 Å². The van der Waals surface area contributed by atoms with Crippen LogP contribution < -0.4 is 14.8 Å². The van der Waals surface area contributed by atoms with Crippen molar-refractivity contribution >= 4 is 17.8 Å². The van der Waals surface area contributed by atoms with E-state index in [4.69, 9.17) is 14.2 Å². The first kappa shape index (κ1) is 24.8. The Hall–Kier alpha value is -4.34. The molecule has 1 aliphatic rings. The fourth-order valence-electron chi connectivity index (χ4n) is 4.35. The number of benzene rings is 2. The van der Waals surface area contributed by atoms with E-state index in [1.54, 1.807) is 33.3 Å². The molecule has 1 N–H and O–H groups in total. The van der Waals surface area contributed by atoms with E-state index in [1.165, 1.54) is 22.9 Å². The summed E-state index contributed by atoms with van der Waals surface area (Å²) >= 11 is 0. The second-order valence-corrected chi connectivity index (χ2v) is 8.57. The minimum absolute atomic E-state index is 0.0831. The predicted molar refractivity (Wildman–Crippen MR) is 130 cm³/mol. The first-order valence-electron chi connectivity index (χ1n) is 11.3. The smallest absolute Gasteiger partial charge is 0.359 e. The lowest BCUT2D eigenvalue weighted by Crippen LogP contribution is -2.63. The number of rotatable bonds is 8. The molecule has 0 aliphatic carbocycles. The molecule has 0 saturated heterocycles. The Bertz CT molecular complexity index is 1300. The normalized spacial score (nSPS) is 16.8. The van der Waals surface area contributed by atoms with Gasteiger partial charge >= 0.3 is 5.97 Å². The summed E-state index contributed by atoms with van der Waals surface area (Å²) in [5, 5.41) is 2.95. The van der Waals surface area contributed by atoms with Gasteiger partial charge in [0.15, 0.2) is 5.69 Å². The molecule has 0 unspecified atom stereocenters. The standard InChI is InChI=1S/C26H28N4O6/c1-26(25(33)27-13-18-9-5-6-11-20(18)35-3)15-29-16-28-21(24(32)36-4)22(29)23(31)30(26)14-17-8-7-10-19(12-17)34-2/h5-12,16H,13-15H2,1-4H3,(H,27,33)/t26-/m1/s1. The van der Waals surface area contributed by atoms with Crippen molar-refractivity contribution in [1.82, 2.24) is 19.8 Å². The van der Waals surface area contributed by atoms with Crippen LogP contribution >= 0.6 is 0 Å². The highest BCUT2D eigenvalue weighted by Crippen LogP contribution is 2.31. The van der Waals surface area contributed by atoms with Crippen molar-refractivity contribution in [3.05, 3.63) is 77.4 Å². The van der Waals surface area contributed by atoms with Crippen molar-refractivity contribution < 1.29 is 28.6 Å². The van der Waals surface area contributed by atoms with Crippen LogP contribution in [0.25, 0.3) is 0 Å². The van der Waals surface area contributed by atoms with Gasteiger partial charge in [0.1, 0.15) is 22.7 Å². The van der Waals surface area contributed by atoms with Gasteiger partial charge in [-0.15, -0.1) is 0 Å². The number of nitrogens with one attached hydrogen (secondary N) is 1. The van der Waals surface area contributed by atoms with E-state index in [0.717, 1.165) is 11.1 Å². The zero-order valence-electron chi connectivity index (χ0n) is 20.6. The average Bonchev–Trinajstić information content (AvgIpc) is 3.33. The number of hydrogen-bond donors (Lipinski definition) is 1. The van der Waals surface area contributed by atoms with Crippen molar-refractivity contribution in [1.29, 1.82) is 0 Å². The van der Waals surface area contributed by atoms with E-state index in [2.05, 4.69) is 10.3 Å². The summed E-state index contributed by atoms with van der Waals surface area (Å²) in [4.78, 5) is 45.3. The molecule has 10 heteroatoms. The molecule has 2 aromatic carbocycles. The van der Waals surface area contributed by atoms with Crippen molar-refractivity contribution in [2.24, 2.45) is 0 Å². The number of methoxy groups -OCH3 is 3. The summed E-state index contributed by atoms with van der Waals surface area (Å²) in [6.45, 7) is 2.12. The third-order valence-corrected chi connectivity index (χ3v) is 6.33. The summed E-state index contributed by atoms with van der Waals surface area (Å²) in [7, 11) is 4.35. The first-order valence-corrected chi connectivity index (χ1v) is 11.3. The van der Waals surface area contributed by atoms with Crippen LogP contribution in [0.15, 0.2) is 54.9 Å². The van der Waals surface area contributed by atoms with Gasteiger partial charge in [-0.05, 0) is 30.7 Å². The Morgan fingerprint density at radius 3 is 2.58 bits per heavy atom. The number of hydrogen-bond acceptors (Lipinski definition) is 7. The number of imidazole rings is 1. The molecule has 4 rings (SSSR count). The molecule has 3 aromatic rings. The molecule has 0 saturated carbocycles. The molecule has 36 heavy (non-hydrogen) atoms. The van der Waals surface area contributed by atoms with Crippen LogP contribution in [0, 0.1) is 0 Å². The lowest BCUT2D eigenvalue weighted by molar-refractivity contribution is -0.133. The molecule has 10 nitrogen and oxygen atoms in total. The number of carbonyl (C=O) groups is 3. The van der Waals surface area contributed by atoms with Crippen LogP contribution in [0.3, 0.4) is 0 Å². The fourth-order valence-corrected chi connectivity index (χ4v) is 4.35. The Kier molecular flexibility index (Phi) is 6.96. The lowest BCUT2D eigenvalue weighted by atomic mass is 9.93. The van der Waals surface area contributed by atoms with E-state index in [9.17, 15) is 14.4 Å². The van der Waals surface area contributed by atoms with Crippen molar-refractivity contribution in [3.8, 4) is 11.5 Å². The highest BCUT2D eigenvalue weighted by Gasteiger charge is 2.49. The number of ether oxygens (including phenoxy) is 3. The average molecular weight is 493 g/mol. The van der Waals surface area contributed by atoms with Crippen LogP contribution in [0.1, 0.15) is 39.0 Å². The fraction of sp³-hybridized carbons (Fsp3) is 0.308. The molecule has 188 valence electrons. The minimum atomic E-state index is -1.29. The number of amides is 2. The van der Waals surface area contributed by atoms with Crippen LogP contribution in [0.2, 0.25) is 0 Å². The van der Waals surface area contributed by atoms with E-state index < -0.39 is 17.4 Å². The summed E-state index contributed by atoms with van der Waals surface area (Å²) in [6.07, 6.45) is 1.38. The number of para-hydroxylation sites is 1. The van der Waals surface area contributed by atoms with Gasteiger partial charge < -0.3 is 29.0 Å². The van der Waals surface area contributed by atoms with Gasteiger partial charge in [0, 0.05) is 18.7 Å². The van der Waals surface area contributed by atoms with Gasteiger partial charge in [0.05, 0.1) is 34.2 Å². The van der Waals surface area contributed by atoms with Crippen molar-refractivity contribution in [2.75, 3.05) is 21.3 Å². The molecule has 1 aromatic heterocycles. The Labute approximate surface area is 208 Å². The van der Waals surface area contributed by atoms with Gasteiger partial charge in [-0.2, -0.15) is 0 Å². The maximum atomic E-state index is 13.8. The monoisotopic (exact) mass is 492 g/mol. The van der Waals surface area contributed by atoms with Gasteiger partial charge in [-0.25, -0.2) is 9.78 Å². The quantitative estimate of drug-likeness (QED) is 0.481. The van der Waals surface area contributed by atoms with E-state index in [-0.39, 0.29) is 36.9 Å². The van der Waals surface area contributed by atoms with E-state index >= 15 is 0 Å². The molecule has 0 bridgehead atoms. The molecular formula is C26H28N4O6. The topological polar surface area (TPSA) is 112 Å². The van der Waals surface area contributed by atoms with Crippen molar-refractivity contribution in [2.45, 2.75) is 32.1 Å². The van der Waals surface area contributed by atoms with E-state index in [1.807, 2.05) is 36.4 Å². The molecule has 2 heterocycles. The van der Waals surface area contributed by atoms with Crippen LogP contribution in [-0.4, -0.2) is 59.1 Å². The lowest BCUT2D eigenvalue weighted by Gasteiger charge is -2.43. The highest BCUT2D eigenvalue weighted by atomic mass is 16.5. The molecule has 1 atom stereocenters. The maximum absolute atomic E-state index is 13.8. The van der Waals surface area contributed by atoms with Gasteiger partial charge in [-0.3, -0.25) is 9.59 Å². The zero-order chi connectivity index (χ0) is 25.9. The maximum Gasteiger partial charge on any atom is 0.359 e. The van der Waals surface area contributed by atoms with Crippen LogP contribution in [-0.2, 0) is 29.2 Å². The van der Waals surface area contributed by atoms with Crippen molar-refractivity contribution in [3.63, 3.8) is 0 Å². The summed E-state index contributed by atoms with van der Waals surface area (Å²) in [6, 6.07) is 14.6. The SMILES string of the molecule is COC(=O)c1ncn2c1C(=O)N(Cc1cccc(OC)c1)[C@@](C)(C(=O)NCc1ccccc1OC)C2. The largest absolute Gasteiger partial charge is 0.497 e. The first-order chi connectivity index (χ1) is 17.3. The number of esters is 1. The Morgan fingerprint density at radius 2 is 1.86 bits per heavy atom. The third kappa shape index (κ3) is 4.49. The Balaban J connectivity index is 1.70. The summed E-state index contributed by atoms with van der Waals surface area (Å²) in [5.74, 6) is -0.307. The third-order valence-electron chi connectivity index (χ3n) is 6.33.